The SMILES string of the molecule is C=CO[P+](=O)[O-].CCCCCCCCCC[N+](CC)(CC)CC. The van der Waals surface area contributed by atoms with Crippen LogP contribution in [0.5, 0.6) is 0 Å². The van der Waals surface area contributed by atoms with Gasteiger partial charge in [-0.15, -0.1) is 0 Å². The van der Waals surface area contributed by atoms with Gasteiger partial charge in [-0.25, -0.2) is 0 Å². The Morgan fingerprint density at radius 2 is 1.35 bits per heavy atom. The van der Waals surface area contributed by atoms with Crippen LogP contribution < -0.4 is 4.89 Å². The van der Waals surface area contributed by atoms with Crippen molar-refractivity contribution in [2.24, 2.45) is 0 Å². The Morgan fingerprint density at radius 1 is 0.913 bits per heavy atom. The van der Waals surface area contributed by atoms with Gasteiger partial charge in [-0.05, 0) is 38.2 Å². The number of rotatable bonds is 14. The maximum atomic E-state index is 9.34. The van der Waals surface area contributed by atoms with Gasteiger partial charge in [-0.2, -0.15) is 0 Å². The van der Waals surface area contributed by atoms with Gasteiger partial charge in [-0.1, -0.05) is 52.0 Å². The van der Waals surface area contributed by atoms with Crippen LogP contribution in [0.1, 0.15) is 79.1 Å². The van der Waals surface area contributed by atoms with Gasteiger partial charge in [0.1, 0.15) is 6.26 Å². The Bertz CT molecular complexity index is 273. The molecule has 0 aromatic heterocycles. The fourth-order valence-electron chi connectivity index (χ4n) is 2.79. The number of hydrogen-bond acceptors (Lipinski definition) is 3. The summed E-state index contributed by atoms with van der Waals surface area (Å²) >= 11 is 0. The fourth-order valence-corrected chi connectivity index (χ4v) is 2.91. The minimum atomic E-state index is -2.72. The van der Waals surface area contributed by atoms with E-state index in [2.05, 4.69) is 38.8 Å². The standard InChI is InChI=1S/C16H36N.C2H3O3P/c1-5-9-10-11-12-13-14-15-16-17(6-2,7-3)8-4;1-2-5-6(3)4/h5-16H2,1-4H3;2H,1H2/q+1;. The first kappa shape index (κ1) is 24.8. The summed E-state index contributed by atoms with van der Waals surface area (Å²) in [5.41, 5.74) is 0. The van der Waals surface area contributed by atoms with E-state index in [1.165, 1.54) is 82.0 Å². The molecule has 0 saturated heterocycles. The monoisotopic (exact) mass is 348 g/mol. The maximum absolute atomic E-state index is 9.34. The van der Waals surface area contributed by atoms with Crippen molar-refractivity contribution < 1.29 is 18.5 Å². The maximum Gasteiger partial charge on any atom is 0.538 e. The molecular formula is C18H39NO3P+. The minimum Gasteiger partial charge on any atom is -0.558 e. The molecule has 4 nitrogen and oxygen atoms in total. The number of hydrogen-bond donors (Lipinski definition) is 0. The first-order valence-corrected chi connectivity index (χ1v) is 10.4. The van der Waals surface area contributed by atoms with Crippen LogP contribution in [0.25, 0.3) is 0 Å². The van der Waals surface area contributed by atoms with Crippen LogP contribution >= 0.6 is 8.25 Å². The van der Waals surface area contributed by atoms with E-state index in [1.54, 1.807) is 0 Å². The van der Waals surface area contributed by atoms with Crippen LogP contribution in [0.15, 0.2) is 12.8 Å². The molecule has 0 fully saturated rings. The first-order chi connectivity index (χ1) is 11.0. The molecule has 0 aliphatic carbocycles. The van der Waals surface area contributed by atoms with Gasteiger partial charge >= 0.3 is 8.25 Å². The second-order valence-corrected chi connectivity index (χ2v) is 6.64. The molecule has 0 aromatic carbocycles. The lowest BCUT2D eigenvalue weighted by molar-refractivity contribution is -0.923. The Hall–Kier alpha value is -0.440. The lowest BCUT2D eigenvalue weighted by Crippen LogP contribution is -2.48. The molecule has 5 heteroatoms. The summed E-state index contributed by atoms with van der Waals surface area (Å²) in [6, 6.07) is 0. The zero-order chi connectivity index (χ0) is 18.0. The molecular weight excluding hydrogens is 309 g/mol. The first-order valence-electron chi connectivity index (χ1n) is 9.29. The van der Waals surface area contributed by atoms with Crippen LogP contribution in [0.3, 0.4) is 0 Å². The molecule has 1 atom stereocenters. The van der Waals surface area contributed by atoms with Crippen LogP contribution in [-0.2, 0) is 9.09 Å². The van der Waals surface area contributed by atoms with E-state index in [9.17, 15) is 9.46 Å². The van der Waals surface area contributed by atoms with Gasteiger partial charge in [0.05, 0.1) is 26.2 Å². The Balaban J connectivity index is 0. The molecule has 0 bridgehead atoms. The summed E-state index contributed by atoms with van der Waals surface area (Å²) in [5.74, 6) is 0. The molecule has 0 heterocycles. The second-order valence-electron chi connectivity index (χ2n) is 5.98. The van der Waals surface area contributed by atoms with E-state index in [4.69, 9.17) is 0 Å². The highest BCUT2D eigenvalue weighted by atomic mass is 31.1. The van der Waals surface area contributed by atoms with Crippen LogP contribution in [0.4, 0.5) is 0 Å². The highest BCUT2D eigenvalue weighted by Gasteiger charge is 2.19. The Labute approximate surface area is 145 Å². The third-order valence-electron chi connectivity index (χ3n) is 4.66. The summed E-state index contributed by atoms with van der Waals surface area (Å²) in [6.45, 7) is 17.6. The van der Waals surface area contributed by atoms with Gasteiger partial charge in [0.2, 0.25) is 0 Å². The molecule has 0 radical (unpaired) electrons. The molecule has 0 aliphatic heterocycles. The van der Waals surface area contributed by atoms with Crippen molar-refractivity contribution in [2.75, 3.05) is 26.2 Å². The van der Waals surface area contributed by atoms with Gasteiger partial charge in [0.25, 0.3) is 0 Å². The normalized spacial score (nSPS) is 11.4. The highest BCUT2D eigenvalue weighted by molar-refractivity contribution is 7.30. The van der Waals surface area contributed by atoms with Crippen LogP contribution in [-0.4, -0.2) is 30.7 Å². The third-order valence-corrected chi connectivity index (χ3v) is 4.98. The van der Waals surface area contributed by atoms with E-state index < -0.39 is 8.25 Å². The summed E-state index contributed by atoms with van der Waals surface area (Å²) in [4.78, 5) is 9.34. The largest absolute Gasteiger partial charge is 0.558 e. The smallest absolute Gasteiger partial charge is 0.538 e. The summed E-state index contributed by atoms with van der Waals surface area (Å²) in [7, 11) is -2.72. The molecule has 0 aromatic rings. The van der Waals surface area contributed by atoms with Crippen molar-refractivity contribution in [3.8, 4) is 0 Å². The number of unbranched alkanes of at least 4 members (excludes halogenated alkanes) is 7. The molecule has 0 saturated carbocycles. The molecule has 0 N–H and O–H groups in total. The molecule has 0 aliphatic rings. The zero-order valence-electron chi connectivity index (χ0n) is 15.9. The lowest BCUT2D eigenvalue weighted by atomic mass is 10.1. The minimum absolute atomic E-state index is 0.853. The average Bonchev–Trinajstić information content (AvgIpc) is 2.55. The molecule has 23 heavy (non-hydrogen) atoms. The molecule has 1 unspecified atom stereocenters. The van der Waals surface area contributed by atoms with Crippen molar-refractivity contribution in [1.82, 2.24) is 0 Å². The van der Waals surface area contributed by atoms with Crippen molar-refractivity contribution in [1.29, 1.82) is 0 Å². The van der Waals surface area contributed by atoms with Crippen molar-refractivity contribution in [3.05, 3.63) is 12.8 Å². The molecule has 0 spiro atoms. The van der Waals surface area contributed by atoms with Gasteiger partial charge < -0.3 is 9.38 Å². The topological polar surface area (TPSA) is 49.4 Å². The summed E-state index contributed by atoms with van der Waals surface area (Å²) in [6.07, 6.45) is 12.4. The van der Waals surface area contributed by atoms with Crippen LogP contribution in [0, 0.1) is 0 Å². The van der Waals surface area contributed by atoms with Crippen molar-refractivity contribution >= 4 is 8.25 Å². The Kier molecular flexibility index (Phi) is 19.3. The predicted octanol–water partition coefficient (Wildman–Crippen LogP) is 5.17. The Morgan fingerprint density at radius 3 is 1.65 bits per heavy atom. The number of quaternary nitrogens is 1. The fraction of sp³-hybridized carbons (Fsp3) is 0.889. The summed E-state index contributed by atoms with van der Waals surface area (Å²) < 4.78 is 14.4. The van der Waals surface area contributed by atoms with Gasteiger partial charge in [0.15, 0.2) is 0 Å². The second kappa shape index (κ2) is 17.9. The summed E-state index contributed by atoms with van der Waals surface area (Å²) in [5, 5.41) is 0. The molecule has 0 amide bonds. The number of nitrogens with zero attached hydrogens (tertiary/aromatic N) is 1. The molecule has 138 valence electrons. The highest BCUT2D eigenvalue weighted by Crippen LogP contribution is 2.12. The quantitative estimate of drug-likeness (QED) is 0.188. The van der Waals surface area contributed by atoms with E-state index >= 15 is 0 Å². The third kappa shape index (κ3) is 16.2. The zero-order valence-corrected chi connectivity index (χ0v) is 16.8. The van der Waals surface area contributed by atoms with Gasteiger partial charge in [0, 0.05) is 0 Å². The van der Waals surface area contributed by atoms with Crippen molar-refractivity contribution in [2.45, 2.75) is 79.1 Å². The lowest BCUT2D eigenvalue weighted by Gasteiger charge is -2.35. The van der Waals surface area contributed by atoms with Gasteiger partial charge in [-0.3, -0.25) is 4.52 Å². The average molecular weight is 348 g/mol. The van der Waals surface area contributed by atoms with E-state index in [0.717, 1.165) is 6.26 Å². The van der Waals surface area contributed by atoms with Crippen molar-refractivity contribution in [3.63, 3.8) is 0 Å². The van der Waals surface area contributed by atoms with E-state index in [-0.39, 0.29) is 0 Å². The predicted molar refractivity (Wildman–Crippen MR) is 98.2 cm³/mol. The molecule has 0 rings (SSSR count). The van der Waals surface area contributed by atoms with E-state index in [1.807, 2.05) is 0 Å². The van der Waals surface area contributed by atoms with E-state index in [0.29, 0.717) is 0 Å². The van der Waals surface area contributed by atoms with Crippen LogP contribution in [0.2, 0.25) is 0 Å².